The lowest BCUT2D eigenvalue weighted by molar-refractivity contribution is -0.385. The second-order valence-electron chi connectivity index (χ2n) is 5.48. The van der Waals surface area contributed by atoms with E-state index in [2.05, 4.69) is 0 Å². The van der Waals surface area contributed by atoms with Crippen LogP contribution in [0.3, 0.4) is 0 Å². The topological polar surface area (TPSA) is 112 Å². The maximum atomic E-state index is 11.7. The van der Waals surface area contributed by atoms with Crippen LogP contribution in [0.15, 0.2) is 48.0 Å². The first kappa shape index (κ1) is 20.5. The van der Waals surface area contributed by atoms with E-state index < -0.39 is 10.9 Å². The van der Waals surface area contributed by atoms with Crippen LogP contribution < -0.4 is 9.47 Å². The molecule has 8 heteroatoms. The SMILES string of the molecule is CCOC(=O)/C(C#N)=C\c1ccc(OCc2ccccc2[N+](=O)[O-])c(OC)c1. The molecule has 0 atom stereocenters. The van der Waals surface area contributed by atoms with Gasteiger partial charge in [0.2, 0.25) is 0 Å². The van der Waals surface area contributed by atoms with Gasteiger partial charge in [-0.1, -0.05) is 18.2 Å². The number of hydrogen-bond acceptors (Lipinski definition) is 7. The molecule has 28 heavy (non-hydrogen) atoms. The smallest absolute Gasteiger partial charge is 0.348 e. The Morgan fingerprint density at radius 1 is 1.25 bits per heavy atom. The Hall–Kier alpha value is -3.86. The van der Waals surface area contributed by atoms with Crippen molar-refractivity contribution >= 4 is 17.7 Å². The highest BCUT2D eigenvalue weighted by Crippen LogP contribution is 2.30. The van der Waals surface area contributed by atoms with E-state index in [0.29, 0.717) is 22.6 Å². The monoisotopic (exact) mass is 382 g/mol. The average Bonchev–Trinajstić information content (AvgIpc) is 2.70. The molecule has 0 N–H and O–H groups in total. The summed E-state index contributed by atoms with van der Waals surface area (Å²) < 4.78 is 15.8. The molecular formula is C20H18N2O6. The number of esters is 1. The highest BCUT2D eigenvalue weighted by molar-refractivity contribution is 5.97. The van der Waals surface area contributed by atoms with E-state index in [4.69, 9.17) is 19.5 Å². The Bertz CT molecular complexity index is 946. The van der Waals surface area contributed by atoms with Gasteiger partial charge in [-0.2, -0.15) is 5.26 Å². The molecule has 0 aliphatic rings. The lowest BCUT2D eigenvalue weighted by Gasteiger charge is -2.11. The number of hydrogen-bond donors (Lipinski definition) is 0. The minimum absolute atomic E-state index is 0.0189. The third kappa shape index (κ3) is 5.08. The van der Waals surface area contributed by atoms with Gasteiger partial charge in [0.05, 0.1) is 24.2 Å². The van der Waals surface area contributed by atoms with Crippen molar-refractivity contribution in [3.05, 3.63) is 69.3 Å². The van der Waals surface area contributed by atoms with E-state index >= 15 is 0 Å². The van der Waals surface area contributed by atoms with Crippen molar-refractivity contribution < 1.29 is 23.9 Å². The van der Waals surface area contributed by atoms with E-state index in [1.54, 1.807) is 49.4 Å². The van der Waals surface area contributed by atoms with E-state index in [1.807, 2.05) is 0 Å². The second kappa shape index (κ2) is 9.73. The maximum absolute atomic E-state index is 11.7. The summed E-state index contributed by atoms with van der Waals surface area (Å²) >= 11 is 0. The van der Waals surface area contributed by atoms with Crippen LogP contribution >= 0.6 is 0 Å². The molecule has 0 spiro atoms. The van der Waals surface area contributed by atoms with Crippen LogP contribution in [0, 0.1) is 21.4 Å². The quantitative estimate of drug-likeness (QED) is 0.225. The van der Waals surface area contributed by atoms with Gasteiger partial charge >= 0.3 is 5.97 Å². The molecule has 0 aliphatic heterocycles. The molecule has 2 aromatic rings. The zero-order chi connectivity index (χ0) is 20.5. The molecule has 8 nitrogen and oxygen atoms in total. The molecule has 0 heterocycles. The molecule has 0 bridgehead atoms. The Morgan fingerprint density at radius 3 is 2.64 bits per heavy atom. The van der Waals surface area contributed by atoms with Crippen molar-refractivity contribution in [1.82, 2.24) is 0 Å². The molecule has 0 amide bonds. The molecule has 0 unspecified atom stereocenters. The Kier molecular flexibility index (Phi) is 7.11. The fourth-order valence-corrected chi connectivity index (χ4v) is 2.37. The number of methoxy groups -OCH3 is 1. The third-order valence-electron chi connectivity index (χ3n) is 3.69. The van der Waals surface area contributed by atoms with Crippen molar-refractivity contribution in [3.8, 4) is 17.6 Å². The summed E-state index contributed by atoms with van der Waals surface area (Å²) in [6, 6.07) is 12.9. The molecule has 0 aliphatic carbocycles. The highest BCUT2D eigenvalue weighted by atomic mass is 16.6. The molecule has 0 fully saturated rings. The van der Waals surface area contributed by atoms with Crippen molar-refractivity contribution in [3.63, 3.8) is 0 Å². The summed E-state index contributed by atoms with van der Waals surface area (Å²) in [6.45, 7) is 1.80. The summed E-state index contributed by atoms with van der Waals surface area (Å²) in [5, 5.41) is 20.2. The normalized spacial score (nSPS) is 10.7. The van der Waals surface area contributed by atoms with Crippen molar-refractivity contribution in [2.24, 2.45) is 0 Å². The lowest BCUT2D eigenvalue weighted by atomic mass is 10.1. The number of rotatable bonds is 8. The van der Waals surface area contributed by atoms with Crippen molar-refractivity contribution in [2.75, 3.05) is 13.7 Å². The van der Waals surface area contributed by atoms with Gasteiger partial charge < -0.3 is 14.2 Å². The molecule has 0 radical (unpaired) electrons. The fraction of sp³-hybridized carbons (Fsp3) is 0.200. The lowest BCUT2D eigenvalue weighted by Crippen LogP contribution is -2.06. The van der Waals surface area contributed by atoms with Gasteiger partial charge in [-0.05, 0) is 36.8 Å². The number of nitro benzene ring substituents is 1. The molecule has 0 saturated carbocycles. The Balaban J connectivity index is 2.23. The first-order valence-electron chi connectivity index (χ1n) is 8.32. The summed E-state index contributed by atoms with van der Waals surface area (Å²) in [5.41, 5.74) is 0.790. The van der Waals surface area contributed by atoms with Crippen LogP contribution in [0.4, 0.5) is 5.69 Å². The number of carbonyl (C=O) groups is 1. The van der Waals surface area contributed by atoms with Gasteiger partial charge in [0.1, 0.15) is 18.2 Å². The molecule has 0 saturated heterocycles. The number of nitrogens with zero attached hydrogens (tertiary/aromatic N) is 2. The summed E-state index contributed by atoms with van der Waals surface area (Å²) in [5.74, 6) is 0.0154. The number of para-hydroxylation sites is 1. The van der Waals surface area contributed by atoms with Gasteiger partial charge in [0, 0.05) is 6.07 Å². The fourth-order valence-electron chi connectivity index (χ4n) is 2.37. The summed E-state index contributed by atoms with van der Waals surface area (Å²) in [4.78, 5) is 22.3. The second-order valence-corrected chi connectivity index (χ2v) is 5.48. The molecule has 0 aromatic heterocycles. The zero-order valence-electron chi connectivity index (χ0n) is 15.4. The first-order chi connectivity index (χ1) is 13.5. The highest BCUT2D eigenvalue weighted by Gasteiger charge is 2.15. The number of nitro groups is 1. The predicted molar refractivity (Wildman–Crippen MR) is 101 cm³/mol. The van der Waals surface area contributed by atoms with E-state index in [9.17, 15) is 14.9 Å². The van der Waals surface area contributed by atoms with Gasteiger partial charge in [-0.3, -0.25) is 10.1 Å². The summed E-state index contributed by atoms with van der Waals surface area (Å²) in [6.07, 6.45) is 1.38. The van der Waals surface area contributed by atoms with Crippen LogP contribution in [0.2, 0.25) is 0 Å². The average molecular weight is 382 g/mol. The molecular weight excluding hydrogens is 364 g/mol. The Labute approximate surface area is 161 Å². The first-order valence-corrected chi connectivity index (χ1v) is 8.32. The molecule has 2 rings (SSSR count). The number of carbonyl (C=O) groups excluding carboxylic acids is 1. The number of ether oxygens (including phenoxy) is 3. The maximum Gasteiger partial charge on any atom is 0.348 e. The largest absolute Gasteiger partial charge is 0.493 e. The third-order valence-corrected chi connectivity index (χ3v) is 3.69. The minimum atomic E-state index is -0.708. The number of nitriles is 1. The summed E-state index contributed by atoms with van der Waals surface area (Å²) in [7, 11) is 1.44. The molecule has 2 aromatic carbocycles. The van der Waals surface area contributed by atoms with Crippen molar-refractivity contribution in [2.45, 2.75) is 13.5 Å². The number of benzene rings is 2. The van der Waals surface area contributed by atoms with Gasteiger partial charge in [-0.25, -0.2) is 4.79 Å². The standard InChI is InChI=1S/C20H18N2O6/c1-3-27-20(23)16(12-21)10-14-8-9-18(19(11-14)26-2)28-13-15-6-4-5-7-17(15)22(24)25/h4-11H,3,13H2,1-2H3/b16-10-. The van der Waals surface area contributed by atoms with Crippen molar-refractivity contribution in [1.29, 1.82) is 5.26 Å². The zero-order valence-corrected chi connectivity index (χ0v) is 15.4. The van der Waals surface area contributed by atoms with E-state index in [0.717, 1.165) is 0 Å². The van der Waals surface area contributed by atoms with Gasteiger partial charge in [0.15, 0.2) is 11.5 Å². The minimum Gasteiger partial charge on any atom is -0.493 e. The van der Waals surface area contributed by atoms with Crippen LogP contribution in [0.1, 0.15) is 18.1 Å². The van der Waals surface area contributed by atoms with Crippen LogP contribution in [0.25, 0.3) is 6.08 Å². The van der Waals surface area contributed by atoms with E-state index in [1.165, 1.54) is 19.3 Å². The van der Waals surface area contributed by atoms with Crippen LogP contribution in [0.5, 0.6) is 11.5 Å². The Morgan fingerprint density at radius 2 is 2.00 bits per heavy atom. The van der Waals surface area contributed by atoms with E-state index in [-0.39, 0.29) is 24.5 Å². The predicted octanol–water partition coefficient (Wildman–Crippen LogP) is 3.65. The molecule has 144 valence electrons. The van der Waals surface area contributed by atoms with Gasteiger partial charge in [0.25, 0.3) is 5.69 Å². The van der Waals surface area contributed by atoms with Crippen LogP contribution in [-0.4, -0.2) is 24.6 Å². The van der Waals surface area contributed by atoms with Gasteiger partial charge in [-0.15, -0.1) is 0 Å². The van der Waals surface area contributed by atoms with Crippen LogP contribution in [-0.2, 0) is 16.1 Å².